The number of imidazole rings is 1. The largest absolute Gasteiger partial charge is 0.405 e. The summed E-state index contributed by atoms with van der Waals surface area (Å²) in [6.07, 6.45) is 2.83. The maximum atomic E-state index is 12.5. The number of hydrogen-bond donors (Lipinski definition) is 5. The summed E-state index contributed by atoms with van der Waals surface area (Å²) >= 11 is 0. The molecule has 3 heterocycles. The van der Waals surface area contributed by atoms with Gasteiger partial charge in [-0.3, -0.25) is 4.79 Å². The molecule has 2 fully saturated rings. The van der Waals surface area contributed by atoms with E-state index in [1.54, 1.807) is 57.6 Å². The monoisotopic (exact) mass is 580 g/mol. The van der Waals surface area contributed by atoms with Crippen molar-refractivity contribution in [2.24, 2.45) is 5.73 Å². The Balaban J connectivity index is 1.30. The van der Waals surface area contributed by atoms with Gasteiger partial charge >= 0.3 is 12.2 Å². The number of urea groups is 1. The number of carbonyl (C=O) groups is 2. The number of nitrogens with one attached hydrogen (secondary N) is 4. The molecule has 0 radical (unpaired) electrons. The van der Waals surface area contributed by atoms with Crippen molar-refractivity contribution in [2.45, 2.75) is 36.5 Å². The smallest absolute Gasteiger partial charge is 0.380 e. The van der Waals surface area contributed by atoms with Gasteiger partial charge in [-0.05, 0) is 31.0 Å². The molecule has 6 N–H and O–H groups in total. The summed E-state index contributed by atoms with van der Waals surface area (Å²) in [4.78, 5) is 30.4. The lowest BCUT2D eigenvalue weighted by atomic mass is 9.86. The van der Waals surface area contributed by atoms with Gasteiger partial charge in [0.1, 0.15) is 6.54 Å². The zero-order valence-corrected chi connectivity index (χ0v) is 22.2. The predicted octanol–water partition coefficient (Wildman–Crippen LogP) is 2.65. The van der Waals surface area contributed by atoms with Gasteiger partial charge in [0.15, 0.2) is 5.65 Å². The number of allylic oxidation sites excluding steroid dienone is 1. The number of anilines is 1. The summed E-state index contributed by atoms with van der Waals surface area (Å²) in [7, 11) is 0. The minimum absolute atomic E-state index is 0.107. The molecule has 1 aromatic carbocycles. The highest BCUT2D eigenvalue weighted by Gasteiger charge is 2.54. The number of alkyl halides is 3. The Morgan fingerprint density at radius 2 is 1.98 bits per heavy atom. The lowest BCUT2D eigenvalue weighted by Crippen LogP contribution is -2.71. The fourth-order valence-corrected chi connectivity index (χ4v) is 4.68. The van der Waals surface area contributed by atoms with Gasteiger partial charge in [-0.25, -0.2) is 14.3 Å². The van der Waals surface area contributed by atoms with Gasteiger partial charge in [0.2, 0.25) is 5.91 Å². The number of halogens is 3. The van der Waals surface area contributed by atoms with Crippen molar-refractivity contribution in [1.29, 1.82) is 10.7 Å². The second-order valence-corrected chi connectivity index (χ2v) is 10.5. The molecule has 12 nitrogen and oxygen atoms in total. The molecule has 42 heavy (non-hydrogen) atoms. The molecule has 5 rings (SSSR count). The molecular formula is C27H27F3N10O2. The molecule has 0 bridgehead atoms. The van der Waals surface area contributed by atoms with E-state index in [1.807, 2.05) is 0 Å². The number of benzene rings is 1. The standard InChI is InChI=1S/C27H27F3N10O2/c28-27(29,30)14-35-24(42)38-20-3-1-2-17(8-20)21-13-34-22-9-18(12-37-40(21)22)19(10-32)11-36-25(6-7-31)15-39(16-25)23(41)26(33)4-5-26/h1-3,8-13,32,36H,4-6,14-16,33H2,(H2,35,38,42)/b19-11+,32-10?. The Bertz CT molecular complexity index is 1610. The second-order valence-electron chi connectivity index (χ2n) is 10.5. The predicted molar refractivity (Wildman–Crippen MR) is 147 cm³/mol. The molecule has 2 aliphatic rings. The normalized spacial score (nSPS) is 17.1. The zero-order chi connectivity index (χ0) is 30.1. The van der Waals surface area contributed by atoms with Crippen LogP contribution in [0.25, 0.3) is 22.5 Å². The maximum absolute atomic E-state index is 12.5. The maximum Gasteiger partial charge on any atom is 0.405 e. The summed E-state index contributed by atoms with van der Waals surface area (Å²) in [6.45, 7) is -0.788. The fraction of sp³-hybridized carbons (Fsp3) is 0.333. The number of nitrogens with two attached hydrogens (primary N) is 1. The van der Waals surface area contributed by atoms with Crippen LogP contribution in [-0.2, 0) is 4.79 Å². The summed E-state index contributed by atoms with van der Waals surface area (Å²) in [6, 6.07) is 9.38. The summed E-state index contributed by atoms with van der Waals surface area (Å²) in [5.74, 6) is -0.107. The van der Waals surface area contributed by atoms with Crippen LogP contribution in [0.3, 0.4) is 0 Å². The minimum Gasteiger partial charge on any atom is -0.380 e. The Hall–Kier alpha value is -4.97. The van der Waals surface area contributed by atoms with Crippen molar-refractivity contribution in [3.05, 3.63) is 54.5 Å². The number of amides is 3. The first kappa shape index (κ1) is 28.6. The van der Waals surface area contributed by atoms with Crippen LogP contribution < -0.4 is 21.7 Å². The SMILES string of the molecule is N#CCC1(N/C=C(\C=N)c2cnn3c(-c4cccc(NC(=O)NCC(F)(F)F)c4)cnc3c2)CN(C(=O)C2(N)CC2)C1. The van der Waals surface area contributed by atoms with Crippen LogP contribution in [0.15, 0.2) is 48.9 Å². The topological polar surface area (TPSA) is 177 Å². The van der Waals surface area contributed by atoms with E-state index in [-0.39, 0.29) is 18.0 Å². The number of carbonyl (C=O) groups excluding carboxylic acids is 2. The van der Waals surface area contributed by atoms with Crippen molar-refractivity contribution in [1.82, 2.24) is 30.1 Å². The number of fused-ring (bicyclic) bond motifs is 1. The van der Waals surface area contributed by atoms with Gasteiger partial charge < -0.3 is 32.0 Å². The highest BCUT2D eigenvalue weighted by molar-refractivity contribution is 6.08. The van der Waals surface area contributed by atoms with Crippen LogP contribution in [0.5, 0.6) is 0 Å². The Kier molecular flexibility index (Phi) is 7.33. The average molecular weight is 581 g/mol. The average Bonchev–Trinajstić information content (AvgIpc) is 3.54. The van der Waals surface area contributed by atoms with E-state index >= 15 is 0 Å². The van der Waals surface area contributed by atoms with Crippen LogP contribution in [0.4, 0.5) is 23.7 Å². The first-order chi connectivity index (χ1) is 19.9. The molecule has 1 saturated heterocycles. The van der Waals surface area contributed by atoms with Crippen LogP contribution in [-0.4, -0.2) is 74.5 Å². The number of rotatable bonds is 9. The van der Waals surface area contributed by atoms with Gasteiger partial charge in [0.05, 0.1) is 41.7 Å². The van der Waals surface area contributed by atoms with Crippen LogP contribution in [0, 0.1) is 16.7 Å². The molecule has 3 aromatic rings. The third kappa shape index (κ3) is 6.03. The molecule has 1 aliphatic carbocycles. The third-order valence-corrected chi connectivity index (χ3v) is 7.16. The van der Waals surface area contributed by atoms with Crippen LogP contribution in [0.1, 0.15) is 24.8 Å². The highest BCUT2D eigenvalue weighted by atomic mass is 19.4. The Morgan fingerprint density at radius 1 is 1.21 bits per heavy atom. The Morgan fingerprint density at radius 3 is 2.64 bits per heavy atom. The molecule has 0 unspecified atom stereocenters. The van der Waals surface area contributed by atoms with E-state index in [1.165, 1.54) is 6.07 Å². The molecule has 15 heteroatoms. The lowest BCUT2D eigenvalue weighted by molar-refractivity contribution is -0.141. The fourth-order valence-electron chi connectivity index (χ4n) is 4.68. The third-order valence-electron chi connectivity index (χ3n) is 7.16. The van der Waals surface area contributed by atoms with Crippen molar-refractivity contribution in [3.8, 4) is 17.3 Å². The van der Waals surface area contributed by atoms with Gasteiger partial charge in [0.25, 0.3) is 0 Å². The van der Waals surface area contributed by atoms with Crippen molar-refractivity contribution < 1.29 is 22.8 Å². The van der Waals surface area contributed by atoms with Gasteiger partial charge in [-0.1, -0.05) is 12.1 Å². The Labute approximate surface area is 237 Å². The van der Waals surface area contributed by atoms with E-state index in [0.717, 1.165) is 6.21 Å². The highest BCUT2D eigenvalue weighted by Crippen LogP contribution is 2.37. The number of hydrogen-bond acceptors (Lipinski definition) is 8. The minimum atomic E-state index is -4.52. The quantitative estimate of drug-likeness (QED) is 0.242. The first-order valence-corrected chi connectivity index (χ1v) is 12.9. The summed E-state index contributed by atoms with van der Waals surface area (Å²) in [5, 5.41) is 29.1. The molecule has 0 atom stereocenters. The second kappa shape index (κ2) is 10.8. The number of nitrogens with zero attached hydrogens (tertiary/aromatic N) is 5. The van der Waals surface area contributed by atoms with E-state index in [4.69, 9.17) is 11.1 Å². The number of nitriles is 1. The molecule has 1 saturated carbocycles. The molecule has 0 spiro atoms. The number of likely N-dealkylation sites (tertiary alicyclic amines) is 1. The number of aromatic nitrogens is 3. The van der Waals surface area contributed by atoms with E-state index in [9.17, 15) is 28.0 Å². The van der Waals surface area contributed by atoms with Gasteiger partial charge in [0, 0.05) is 47.9 Å². The van der Waals surface area contributed by atoms with Crippen molar-refractivity contribution >= 4 is 35.1 Å². The van der Waals surface area contributed by atoms with Crippen LogP contribution in [0.2, 0.25) is 0 Å². The zero-order valence-electron chi connectivity index (χ0n) is 22.2. The van der Waals surface area contributed by atoms with Crippen molar-refractivity contribution in [3.63, 3.8) is 0 Å². The summed E-state index contributed by atoms with van der Waals surface area (Å²) in [5.41, 5.74) is 7.57. The van der Waals surface area contributed by atoms with Gasteiger partial charge in [-0.2, -0.15) is 23.5 Å². The summed E-state index contributed by atoms with van der Waals surface area (Å²) < 4.78 is 38.7. The lowest BCUT2D eigenvalue weighted by Gasteiger charge is -2.50. The first-order valence-electron chi connectivity index (χ1n) is 12.9. The van der Waals surface area contributed by atoms with Crippen molar-refractivity contribution in [2.75, 3.05) is 25.0 Å². The van der Waals surface area contributed by atoms with E-state index in [2.05, 4.69) is 26.8 Å². The molecule has 218 valence electrons. The molecular weight excluding hydrogens is 553 g/mol. The molecule has 1 aliphatic heterocycles. The molecule has 3 amide bonds. The van der Waals surface area contributed by atoms with E-state index < -0.39 is 29.8 Å². The molecule has 2 aromatic heterocycles. The van der Waals surface area contributed by atoms with E-state index in [0.29, 0.717) is 54.0 Å². The van der Waals surface area contributed by atoms with Gasteiger partial charge in [-0.15, -0.1) is 0 Å². The van der Waals surface area contributed by atoms with Crippen LogP contribution >= 0.6 is 0 Å².